The monoisotopic (exact) mass is 693 g/mol. The minimum absolute atomic E-state index is 0.135. The van der Waals surface area contributed by atoms with Crippen LogP contribution in [0.2, 0.25) is 0 Å². The van der Waals surface area contributed by atoms with Gasteiger partial charge in [0.1, 0.15) is 16.7 Å². The van der Waals surface area contributed by atoms with E-state index in [4.69, 9.17) is 8.83 Å². The summed E-state index contributed by atoms with van der Waals surface area (Å²) in [6, 6.07) is 62.9. The Bertz CT molecular complexity index is 3080. The number of hydrogen-bond donors (Lipinski definition) is 0. The maximum absolute atomic E-state index is 6.94. The highest BCUT2D eigenvalue weighted by molar-refractivity contribution is 6.17. The molecule has 0 aliphatic heterocycles. The summed E-state index contributed by atoms with van der Waals surface area (Å²) >= 11 is 0. The molecule has 54 heavy (non-hydrogen) atoms. The third kappa shape index (κ3) is 4.61. The second kappa shape index (κ2) is 11.6. The molecule has 0 spiro atoms. The van der Waals surface area contributed by atoms with Crippen LogP contribution in [0.5, 0.6) is 0 Å². The summed E-state index contributed by atoms with van der Waals surface area (Å²) in [7, 11) is 0. The molecule has 0 saturated carbocycles. The largest absolute Gasteiger partial charge is 0.456 e. The predicted molar refractivity (Wildman–Crippen MR) is 224 cm³/mol. The maximum Gasteiger partial charge on any atom is 0.159 e. The van der Waals surface area contributed by atoms with Crippen LogP contribution >= 0.6 is 0 Å². The van der Waals surface area contributed by atoms with Gasteiger partial charge in [-0.2, -0.15) is 0 Å². The van der Waals surface area contributed by atoms with Gasteiger partial charge in [0.2, 0.25) is 0 Å². The van der Waals surface area contributed by atoms with Crippen LogP contribution in [0.3, 0.4) is 0 Å². The lowest BCUT2D eigenvalue weighted by Gasteiger charge is -2.28. The highest BCUT2D eigenvalue weighted by Gasteiger charge is 2.36. The quantitative estimate of drug-likeness (QED) is 0.180. The van der Waals surface area contributed by atoms with E-state index in [1.54, 1.807) is 0 Å². The Morgan fingerprint density at radius 2 is 1.00 bits per heavy atom. The van der Waals surface area contributed by atoms with Gasteiger partial charge >= 0.3 is 0 Å². The molecular weight excluding hydrogens is 659 g/mol. The van der Waals surface area contributed by atoms with Gasteiger partial charge in [-0.25, -0.2) is 0 Å². The van der Waals surface area contributed by atoms with E-state index in [0.29, 0.717) is 0 Å². The summed E-state index contributed by atoms with van der Waals surface area (Å²) in [6.45, 7) is 4.67. The molecular formula is C51H35NO2. The fraction of sp³-hybridized carbons (Fsp3) is 0.0588. The topological polar surface area (TPSA) is 29.5 Å². The first kappa shape index (κ1) is 30.8. The van der Waals surface area contributed by atoms with Crippen LogP contribution in [0.15, 0.2) is 185 Å². The molecule has 2 aromatic heterocycles. The van der Waals surface area contributed by atoms with Gasteiger partial charge in [-0.3, -0.25) is 0 Å². The highest BCUT2D eigenvalue weighted by Crippen LogP contribution is 2.51. The van der Waals surface area contributed by atoms with E-state index in [1.165, 1.54) is 33.4 Å². The second-order valence-electron chi connectivity index (χ2n) is 14.9. The molecule has 11 rings (SSSR count). The van der Waals surface area contributed by atoms with E-state index < -0.39 is 0 Å². The van der Waals surface area contributed by atoms with Crippen LogP contribution in [0.25, 0.3) is 77.3 Å². The number of para-hydroxylation sites is 1. The lowest BCUT2D eigenvalue weighted by molar-refractivity contribution is 0.660. The van der Waals surface area contributed by atoms with Crippen LogP contribution in [0.4, 0.5) is 17.1 Å². The van der Waals surface area contributed by atoms with Crippen LogP contribution < -0.4 is 4.90 Å². The third-order valence-corrected chi connectivity index (χ3v) is 11.5. The van der Waals surface area contributed by atoms with E-state index >= 15 is 0 Å². The summed E-state index contributed by atoms with van der Waals surface area (Å²) < 4.78 is 13.5. The summed E-state index contributed by atoms with van der Waals surface area (Å²) in [4.78, 5) is 2.36. The lowest BCUT2D eigenvalue weighted by atomic mass is 9.82. The molecule has 256 valence electrons. The Hall–Kier alpha value is -6.84. The zero-order chi connectivity index (χ0) is 36.0. The normalized spacial score (nSPS) is 13.1. The molecule has 1 aliphatic rings. The first-order chi connectivity index (χ1) is 26.5. The molecule has 10 aromatic rings. The van der Waals surface area contributed by atoms with Gasteiger partial charge in [-0.1, -0.05) is 135 Å². The van der Waals surface area contributed by atoms with Crippen molar-refractivity contribution in [2.75, 3.05) is 4.90 Å². The summed E-state index contributed by atoms with van der Waals surface area (Å²) in [5, 5.41) is 4.21. The van der Waals surface area contributed by atoms with Crippen molar-refractivity contribution in [2.45, 2.75) is 19.3 Å². The van der Waals surface area contributed by atoms with Gasteiger partial charge < -0.3 is 13.7 Å². The molecule has 0 atom stereocenters. The Kier molecular flexibility index (Phi) is 6.60. The van der Waals surface area contributed by atoms with Gasteiger partial charge in [0.05, 0.1) is 5.69 Å². The van der Waals surface area contributed by atoms with Crippen molar-refractivity contribution in [1.29, 1.82) is 0 Å². The fourth-order valence-electron chi connectivity index (χ4n) is 8.75. The van der Waals surface area contributed by atoms with Crippen molar-refractivity contribution in [1.82, 2.24) is 0 Å². The van der Waals surface area contributed by atoms with Crippen molar-refractivity contribution in [3.63, 3.8) is 0 Å². The Morgan fingerprint density at radius 1 is 0.389 bits per heavy atom. The molecule has 8 aromatic carbocycles. The van der Waals surface area contributed by atoms with Crippen LogP contribution in [0.1, 0.15) is 25.0 Å². The van der Waals surface area contributed by atoms with E-state index in [9.17, 15) is 0 Å². The summed E-state index contributed by atoms with van der Waals surface area (Å²) in [5.41, 5.74) is 16.3. The van der Waals surface area contributed by atoms with Crippen LogP contribution in [-0.2, 0) is 5.41 Å². The first-order valence-electron chi connectivity index (χ1n) is 18.6. The fourth-order valence-corrected chi connectivity index (χ4v) is 8.75. The van der Waals surface area contributed by atoms with Gasteiger partial charge in [-0.15, -0.1) is 0 Å². The molecule has 0 radical (unpaired) electrons. The number of nitrogens with zero attached hydrogens (tertiary/aromatic N) is 1. The number of hydrogen-bond acceptors (Lipinski definition) is 3. The molecule has 2 heterocycles. The first-order valence-corrected chi connectivity index (χ1v) is 18.6. The molecule has 0 fully saturated rings. The van der Waals surface area contributed by atoms with Gasteiger partial charge in [0, 0.05) is 38.3 Å². The molecule has 0 bridgehead atoms. The summed E-state index contributed by atoms with van der Waals surface area (Å²) in [6.07, 6.45) is 0. The van der Waals surface area contributed by atoms with E-state index in [0.717, 1.165) is 72.1 Å². The number of furan rings is 2. The minimum Gasteiger partial charge on any atom is -0.456 e. The predicted octanol–water partition coefficient (Wildman–Crippen LogP) is 14.6. The van der Waals surface area contributed by atoms with Crippen LogP contribution in [0, 0.1) is 0 Å². The van der Waals surface area contributed by atoms with Crippen molar-refractivity contribution in [3.8, 4) is 33.4 Å². The average molecular weight is 694 g/mol. The maximum atomic E-state index is 6.94. The van der Waals surface area contributed by atoms with Gasteiger partial charge in [-0.05, 0) is 99.1 Å². The Labute approximate surface area is 313 Å². The number of anilines is 3. The molecule has 0 amide bonds. The van der Waals surface area contributed by atoms with E-state index in [-0.39, 0.29) is 5.41 Å². The van der Waals surface area contributed by atoms with E-state index in [1.807, 2.05) is 6.07 Å². The average Bonchev–Trinajstić information content (AvgIpc) is 3.85. The van der Waals surface area contributed by atoms with Crippen molar-refractivity contribution in [2.24, 2.45) is 0 Å². The molecule has 0 N–H and O–H groups in total. The minimum atomic E-state index is -0.135. The zero-order valence-corrected chi connectivity index (χ0v) is 30.0. The Balaban J connectivity index is 1.11. The van der Waals surface area contributed by atoms with Crippen molar-refractivity contribution < 1.29 is 8.83 Å². The molecule has 3 heteroatoms. The van der Waals surface area contributed by atoms with Gasteiger partial charge in [0.25, 0.3) is 0 Å². The highest BCUT2D eigenvalue weighted by atomic mass is 16.3. The third-order valence-electron chi connectivity index (χ3n) is 11.5. The molecule has 0 saturated heterocycles. The van der Waals surface area contributed by atoms with E-state index in [2.05, 4.69) is 189 Å². The molecule has 3 nitrogen and oxygen atoms in total. The zero-order valence-electron chi connectivity index (χ0n) is 30.0. The standard InChI is InChI=1S/C51H35NO2/c1-51(2)44-21-10-9-19-38(44)39-26-24-37(29-45(39)51)52(36-18-11-17-34(27-36)32-13-5-3-6-14-32)46-22-12-20-41-43-31-48-42(30-49(43)54-50(41)46)40-25-23-35(28-47(40)53-48)33-15-7-4-8-16-33/h3-31H,1-2H3. The smallest absolute Gasteiger partial charge is 0.159 e. The number of fused-ring (bicyclic) bond motifs is 9. The Morgan fingerprint density at radius 3 is 1.80 bits per heavy atom. The number of benzene rings is 8. The second-order valence-corrected chi connectivity index (χ2v) is 14.9. The van der Waals surface area contributed by atoms with Crippen LogP contribution in [-0.4, -0.2) is 0 Å². The lowest BCUT2D eigenvalue weighted by Crippen LogP contribution is -2.16. The number of rotatable bonds is 5. The summed E-state index contributed by atoms with van der Waals surface area (Å²) in [5.74, 6) is 0. The van der Waals surface area contributed by atoms with Gasteiger partial charge in [0.15, 0.2) is 5.58 Å². The van der Waals surface area contributed by atoms with Crippen molar-refractivity contribution in [3.05, 3.63) is 187 Å². The van der Waals surface area contributed by atoms with Crippen molar-refractivity contribution >= 4 is 60.9 Å². The molecule has 1 aliphatic carbocycles. The SMILES string of the molecule is CC1(C)c2ccccc2-c2ccc(N(c3cccc(-c4ccccc4)c3)c3cccc4c3oc3cc5c(cc34)oc3cc(-c4ccccc4)ccc35)cc21. The molecule has 0 unspecified atom stereocenters.